The lowest BCUT2D eigenvalue weighted by atomic mass is 9.96. The Labute approximate surface area is 113 Å². The lowest BCUT2D eigenvalue weighted by molar-refractivity contribution is -0.185. The van der Waals surface area contributed by atoms with Crippen LogP contribution in [0.2, 0.25) is 0 Å². The minimum atomic E-state index is -3.99. The number of alkyl halides is 3. The van der Waals surface area contributed by atoms with E-state index < -0.39 is 12.1 Å². The van der Waals surface area contributed by atoms with E-state index in [1.165, 1.54) is 25.7 Å². The maximum Gasteiger partial charge on any atom is 0.391 e. The van der Waals surface area contributed by atoms with E-state index in [9.17, 15) is 13.2 Å². The summed E-state index contributed by atoms with van der Waals surface area (Å²) in [5.41, 5.74) is 0. The van der Waals surface area contributed by atoms with Crippen molar-refractivity contribution in [2.24, 2.45) is 5.92 Å². The van der Waals surface area contributed by atoms with Gasteiger partial charge in [0.05, 0.1) is 5.92 Å². The number of nitrogens with one attached hydrogen (secondary N) is 1. The number of likely N-dealkylation sites (tertiary alicyclic amines) is 1. The van der Waals surface area contributed by atoms with E-state index in [-0.39, 0.29) is 12.8 Å². The fourth-order valence-corrected chi connectivity index (χ4v) is 3.22. The van der Waals surface area contributed by atoms with E-state index in [2.05, 4.69) is 10.2 Å². The lowest BCUT2D eigenvalue weighted by Crippen LogP contribution is -2.40. The SMILES string of the molecule is FC(F)(F)C1CCN(CCCNC2CCCC2)CC1. The predicted molar refractivity (Wildman–Crippen MR) is 70.1 cm³/mol. The van der Waals surface area contributed by atoms with E-state index in [0.717, 1.165) is 19.5 Å². The Hall–Kier alpha value is -0.290. The number of piperidine rings is 1. The Bertz CT molecular complexity index is 254. The molecule has 0 unspecified atom stereocenters. The van der Waals surface area contributed by atoms with Crippen LogP contribution in [-0.4, -0.2) is 43.3 Å². The minimum Gasteiger partial charge on any atom is -0.314 e. The first-order valence-corrected chi connectivity index (χ1v) is 7.58. The first-order chi connectivity index (χ1) is 9.05. The van der Waals surface area contributed by atoms with E-state index in [1.54, 1.807) is 0 Å². The fourth-order valence-electron chi connectivity index (χ4n) is 3.22. The summed E-state index contributed by atoms with van der Waals surface area (Å²) in [5, 5.41) is 3.55. The van der Waals surface area contributed by atoms with Crippen LogP contribution in [0.1, 0.15) is 44.9 Å². The molecule has 1 saturated heterocycles. The summed E-state index contributed by atoms with van der Waals surface area (Å²) in [7, 11) is 0. The highest BCUT2D eigenvalue weighted by Crippen LogP contribution is 2.33. The van der Waals surface area contributed by atoms with Gasteiger partial charge in [-0.15, -0.1) is 0 Å². The standard InChI is InChI=1S/C14H25F3N2/c15-14(16,17)12-6-10-19(11-7-12)9-3-8-18-13-4-1-2-5-13/h12-13,18H,1-11H2. The highest BCUT2D eigenvalue weighted by molar-refractivity contribution is 4.78. The van der Waals surface area contributed by atoms with Gasteiger partial charge in [0.25, 0.3) is 0 Å². The summed E-state index contributed by atoms with van der Waals surface area (Å²) in [5.74, 6) is -1.07. The van der Waals surface area contributed by atoms with Gasteiger partial charge < -0.3 is 10.2 Å². The van der Waals surface area contributed by atoms with Crippen LogP contribution in [0.5, 0.6) is 0 Å². The summed E-state index contributed by atoms with van der Waals surface area (Å²) in [6, 6.07) is 0.691. The molecule has 1 aliphatic heterocycles. The van der Waals surface area contributed by atoms with Gasteiger partial charge in [0, 0.05) is 6.04 Å². The third kappa shape index (κ3) is 4.95. The Morgan fingerprint density at radius 1 is 1.00 bits per heavy atom. The van der Waals surface area contributed by atoms with Crippen molar-refractivity contribution >= 4 is 0 Å². The molecule has 1 aliphatic carbocycles. The van der Waals surface area contributed by atoms with Crippen LogP contribution in [0.4, 0.5) is 13.2 Å². The second kappa shape index (κ2) is 6.93. The highest BCUT2D eigenvalue weighted by atomic mass is 19.4. The summed E-state index contributed by atoms with van der Waals surface area (Å²) >= 11 is 0. The molecular weight excluding hydrogens is 253 g/mol. The zero-order valence-corrected chi connectivity index (χ0v) is 11.5. The molecule has 2 fully saturated rings. The van der Waals surface area contributed by atoms with Crippen molar-refractivity contribution in [3.63, 3.8) is 0 Å². The van der Waals surface area contributed by atoms with Crippen LogP contribution in [0.15, 0.2) is 0 Å². The van der Waals surface area contributed by atoms with Gasteiger partial charge in [-0.1, -0.05) is 12.8 Å². The maximum absolute atomic E-state index is 12.5. The molecule has 1 saturated carbocycles. The van der Waals surface area contributed by atoms with Crippen LogP contribution in [-0.2, 0) is 0 Å². The minimum absolute atomic E-state index is 0.277. The van der Waals surface area contributed by atoms with Crippen molar-refractivity contribution < 1.29 is 13.2 Å². The van der Waals surface area contributed by atoms with Gasteiger partial charge in [-0.3, -0.25) is 0 Å². The Balaban J connectivity index is 1.53. The smallest absolute Gasteiger partial charge is 0.314 e. The molecule has 1 heterocycles. The molecule has 0 amide bonds. The maximum atomic E-state index is 12.5. The number of rotatable bonds is 5. The van der Waals surface area contributed by atoms with Gasteiger partial charge in [-0.2, -0.15) is 13.2 Å². The first-order valence-electron chi connectivity index (χ1n) is 7.58. The molecule has 0 radical (unpaired) electrons. The van der Waals surface area contributed by atoms with Gasteiger partial charge in [0.1, 0.15) is 0 Å². The molecule has 2 rings (SSSR count). The number of halogens is 3. The van der Waals surface area contributed by atoms with Crippen molar-refractivity contribution in [1.29, 1.82) is 0 Å². The van der Waals surface area contributed by atoms with Crippen molar-refractivity contribution in [1.82, 2.24) is 10.2 Å². The molecule has 19 heavy (non-hydrogen) atoms. The monoisotopic (exact) mass is 278 g/mol. The molecule has 0 aromatic carbocycles. The van der Waals surface area contributed by atoms with Crippen molar-refractivity contribution in [3.8, 4) is 0 Å². The van der Waals surface area contributed by atoms with E-state index in [4.69, 9.17) is 0 Å². The Morgan fingerprint density at radius 3 is 2.21 bits per heavy atom. The molecule has 0 aromatic rings. The third-order valence-electron chi connectivity index (χ3n) is 4.49. The zero-order chi connectivity index (χ0) is 13.7. The van der Waals surface area contributed by atoms with Gasteiger partial charge in [0.2, 0.25) is 0 Å². The second-order valence-electron chi connectivity index (χ2n) is 5.95. The van der Waals surface area contributed by atoms with Gasteiger partial charge in [-0.25, -0.2) is 0 Å². The van der Waals surface area contributed by atoms with Gasteiger partial charge >= 0.3 is 6.18 Å². The molecule has 5 heteroatoms. The van der Waals surface area contributed by atoms with Crippen LogP contribution in [0.3, 0.4) is 0 Å². The molecule has 0 spiro atoms. The van der Waals surface area contributed by atoms with Crippen LogP contribution >= 0.6 is 0 Å². The fraction of sp³-hybridized carbons (Fsp3) is 1.00. The van der Waals surface area contributed by atoms with Crippen LogP contribution in [0.25, 0.3) is 0 Å². The van der Waals surface area contributed by atoms with Crippen molar-refractivity contribution in [3.05, 3.63) is 0 Å². The number of hydrogen-bond donors (Lipinski definition) is 1. The van der Waals surface area contributed by atoms with Crippen molar-refractivity contribution in [2.45, 2.75) is 57.2 Å². The number of nitrogens with zero attached hydrogens (tertiary/aromatic N) is 1. The summed E-state index contributed by atoms with van der Waals surface area (Å²) in [6.07, 6.45) is 2.86. The van der Waals surface area contributed by atoms with E-state index >= 15 is 0 Å². The molecule has 0 aromatic heterocycles. The highest BCUT2D eigenvalue weighted by Gasteiger charge is 2.40. The zero-order valence-electron chi connectivity index (χ0n) is 11.5. The largest absolute Gasteiger partial charge is 0.391 e. The van der Waals surface area contributed by atoms with Gasteiger partial charge in [-0.05, 0) is 58.3 Å². The first kappa shape index (κ1) is 15.1. The predicted octanol–water partition coefficient (Wildman–Crippen LogP) is 3.18. The molecule has 0 atom stereocenters. The van der Waals surface area contributed by atoms with Crippen molar-refractivity contribution in [2.75, 3.05) is 26.2 Å². The van der Waals surface area contributed by atoms with E-state index in [0.29, 0.717) is 19.1 Å². The van der Waals surface area contributed by atoms with Crippen LogP contribution < -0.4 is 5.32 Å². The topological polar surface area (TPSA) is 15.3 Å². The average Bonchev–Trinajstić information content (AvgIpc) is 2.87. The van der Waals surface area contributed by atoms with Crippen LogP contribution in [0, 0.1) is 5.92 Å². The Kier molecular flexibility index (Phi) is 5.51. The number of hydrogen-bond acceptors (Lipinski definition) is 2. The quantitative estimate of drug-likeness (QED) is 0.777. The summed E-state index contributed by atoms with van der Waals surface area (Å²) < 4.78 is 37.6. The lowest BCUT2D eigenvalue weighted by Gasteiger charge is -2.32. The average molecular weight is 278 g/mol. The molecule has 2 aliphatic rings. The molecule has 1 N–H and O–H groups in total. The molecule has 0 bridgehead atoms. The van der Waals surface area contributed by atoms with E-state index in [1.807, 2.05) is 0 Å². The third-order valence-corrected chi connectivity index (χ3v) is 4.49. The normalized spacial score (nSPS) is 24.2. The second-order valence-corrected chi connectivity index (χ2v) is 5.95. The molecule has 112 valence electrons. The Morgan fingerprint density at radius 2 is 1.63 bits per heavy atom. The summed E-state index contributed by atoms with van der Waals surface area (Å²) in [6.45, 7) is 3.15. The molecule has 2 nitrogen and oxygen atoms in total. The van der Waals surface area contributed by atoms with Gasteiger partial charge in [0.15, 0.2) is 0 Å². The molecular formula is C14H25F3N2. The summed E-state index contributed by atoms with van der Waals surface area (Å²) in [4.78, 5) is 2.18.